The molecular weight excluding hydrogens is 627 g/mol. The van der Waals surface area contributed by atoms with Crippen molar-refractivity contribution in [1.29, 1.82) is 0 Å². The highest BCUT2D eigenvalue weighted by molar-refractivity contribution is 7.99. The van der Waals surface area contributed by atoms with Gasteiger partial charge in [-0.05, 0) is 62.3 Å². The molecule has 2 aromatic carbocycles. The molecule has 0 saturated carbocycles. The molecule has 1 aliphatic rings. The maximum atomic E-state index is 13.2. The van der Waals surface area contributed by atoms with E-state index in [0.717, 1.165) is 41.7 Å². The zero-order chi connectivity index (χ0) is 32.5. The Morgan fingerprint density at radius 1 is 1.00 bits per heavy atom. The Balaban J connectivity index is 1.30. The molecule has 5 rings (SSSR count). The number of aryl methyl sites for hydroxylation is 2. The van der Waals surface area contributed by atoms with E-state index in [4.69, 9.17) is 14.2 Å². The Morgan fingerprint density at radius 3 is 2.46 bits per heavy atom. The summed E-state index contributed by atoms with van der Waals surface area (Å²) in [6.45, 7) is 2.71. The zero-order valence-corrected chi connectivity index (χ0v) is 27.7. The van der Waals surface area contributed by atoms with Crippen LogP contribution in [-0.4, -0.2) is 59.1 Å². The third-order valence-corrected chi connectivity index (χ3v) is 9.69. The summed E-state index contributed by atoms with van der Waals surface area (Å²) in [5, 5.41) is 15.7. The van der Waals surface area contributed by atoms with E-state index in [1.54, 1.807) is 25.1 Å². The van der Waals surface area contributed by atoms with Crippen LogP contribution in [0.15, 0.2) is 53.7 Å². The van der Waals surface area contributed by atoms with E-state index in [1.807, 2.05) is 34.9 Å². The lowest BCUT2D eigenvalue weighted by molar-refractivity contribution is -0.113. The van der Waals surface area contributed by atoms with Crippen LogP contribution in [0.1, 0.15) is 62.3 Å². The van der Waals surface area contributed by atoms with Crippen LogP contribution in [0, 0.1) is 0 Å². The molecule has 242 valence electrons. The van der Waals surface area contributed by atoms with Crippen molar-refractivity contribution < 1.29 is 28.6 Å². The summed E-state index contributed by atoms with van der Waals surface area (Å²) in [5.74, 6) is 0.647. The SMILES string of the molecule is CCOC(=O)c1c(NC(=O)CSc2nnc(CNC(=O)c3cc(OC)cc(OC)c3)n2CCc2ccccc2)sc2c1CCCC2. The van der Waals surface area contributed by atoms with Crippen LogP contribution in [0.3, 0.4) is 0 Å². The van der Waals surface area contributed by atoms with E-state index in [2.05, 4.69) is 20.8 Å². The molecule has 1 aliphatic carbocycles. The Labute approximate surface area is 276 Å². The predicted octanol–water partition coefficient (Wildman–Crippen LogP) is 5.32. The normalized spacial score (nSPS) is 12.2. The van der Waals surface area contributed by atoms with E-state index in [9.17, 15) is 14.4 Å². The van der Waals surface area contributed by atoms with Crippen molar-refractivity contribution in [2.75, 3.05) is 31.9 Å². The fraction of sp³-hybridized carbons (Fsp3) is 0.364. The summed E-state index contributed by atoms with van der Waals surface area (Å²) in [5.41, 5.74) is 3.00. The first-order chi connectivity index (χ1) is 22.4. The van der Waals surface area contributed by atoms with Crippen molar-refractivity contribution in [2.24, 2.45) is 0 Å². The van der Waals surface area contributed by atoms with Crippen LogP contribution in [0.2, 0.25) is 0 Å². The Kier molecular flexibility index (Phi) is 11.3. The molecule has 0 unspecified atom stereocenters. The number of amides is 2. The van der Waals surface area contributed by atoms with Crippen molar-refractivity contribution in [3.8, 4) is 11.5 Å². The van der Waals surface area contributed by atoms with Gasteiger partial charge in [0, 0.05) is 23.1 Å². The lowest BCUT2D eigenvalue weighted by Crippen LogP contribution is -2.25. The molecule has 0 atom stereocenters. The minimum atomic E-state index is -0.399. The number of thioether (sulfide) groups is 1. The molecule has 0 saturated heterocycles. The number of hydrogen-bond donors (Lipinski definition) is 2. The second-order valence-electron chi connectivity index (χ2n) is 10.5. The zero-order valence-electron chi connectivity index (χ0n) is 26.1. The quantitative estimate of drug-likeness (QED) is 0.136. The van der Waals surface area contributed by atoms with Crippen molar-refractivity contribution in [3.63, 3.8) is 0 Å². The molecule has 0 bridgehead atoms. The molecule has 2 aromatic heterocycles. The van der Waals surface area contributed by atoms with Crippen molar-refractivity contribution >= 4 is 45.9 Å². The number of carbonyl (C=O) groups is 3. The van der Waals surface area contributed by atoms with Crippen LogP contribution in [0.4, 0.5) is 5.00 Å². The monoisotopic (exact) mass is 663 g/mol. The molecule has 2 heterocycles. The molecule has 0 aliphatic heterocycles. The topological polar surface area (TPSA) is 134 Å². The van der Waals surface area contributed by atoms with Gasteiger partial charge in [0.15, 0.2) is 11.0 Å². The highest BCUT2D eigenvalue weighted by Gasteiger charge is 2.27. The number of nitrogens with zero attached hydrogens (tertiary/aromatic N) is 3. The fourth-order valence-corrected chi connectivity index (χ4v) is 7.31. The van der Waals surface area contributed by atoms with E-state index >= 15 is 0 Å². The minimum absolute atomic E-state index is 0.0598. The Bertz CT molecular complexity index is 1660. The maximum absolute atomic E-state index is 13.2. The lowest BCUT2D eigenvalue weighted by atomic mass is 9.95. The summed E-state index contributed by atoms with van der Waals surface area (Å²) in [6, 6.07) is 15.0. The largest absolute Gasteiger partial charge is 0.497 e. The van der Waals surface area contributed by atoms with Gasteiger partial charge < -0.3 is 29.4 Å². The summed E-state index contributed by atoms with van der Waals surface area (Å²) < 4.78 is 17.8. The number of benzene rings is 2. The Morgan fingerprint density at radius 2 is 1.74 bits per heavy atom. The van der Waals surface area contributed by atoms with Crippen LogP contribution in [0.25, 0.3) is 0 Å². The van der Waals surface area contributed by atoms with Gasteiger partial charge in [-0.15, -0.1) is 21.5 Å². The number of esters is 1. The van der Waals surface area contributed by atoms with Crippen LogP contribution >= 0.6 is 23.1 Å². The first-order valence-electron chi connectivity index (χ1n) is 15.1. The summed E-state index contributed by atoms with van der Waals surface area (Å²) >= 11 is 2.71. The molecule has 0 spiro atoms. The number of ether oxygens (including phenoxy) is 3. The second kappa shape index (κ2) is 15.8. The van der Waals surface area contributed by atoms with Gasteiger partial charge >= 0.3 is 5.97 Å². The third kappa shape index (κ3) is 8.07. The van der Waals surface area contributed by atoms with E-state index in [1.165, 1.54) is 37.3 Å². The van der Waals surface area contributed by atoms with Crippen molar-refractivity contribution in [2.45, 2.75) is 57.3 Å². The van der Waals surface area contributed by atoms with E-state index in [-0.39, 0.29) is 30.7 Å². The molecule has 4 aromatic rings. The first kappa shape index (κ1) is 33.0. The number of hydrogen-bond acceptors (Lipinski definition) is 10. The van der Waals surface area contributed by atoms with E-state index < -0.39 is 5.97 Å². The minimum Gasteiger partial charge on any atom is -0.497 e. The molecule has 2 N–H and O–H groups in total. The van der Waals surface area contributed by atoms with Gasteiger partial charge in [0.1, 0.15) is 16.5 Å². The Hall–Kier alpha value is -4.36. The summed E-state index contributed by atoms with van der Waals surface area (Å²) in [4.78, 5) is 40.2. The van der Waals surface area contributed by atoms with E-state index in [0.29, 0.717) is 51.6 Å². The number of rotatable bonds is 14. The molecule has 2 amide bonds. The molecule has 13 heteroatoms. The number of methoxy groups -OCH3 is 2. The number of nitrogens with one attached hydrogen (secondary N) is 2. The third-order valence-electron chi connectivity index (χ3n) is 7.52. The predicted molar refractivity (Wildman–Crippen MR) is 177 cm³/mol. The molecule has 46 heavy (non-hydrogen) atoms. The fourth-order valence-electron chi connectivity index (χ4n) is 5.23. The standard InChI is InChI=1S/C33H37N5O6S2/c1-4-44-32(41)29-25-12-8-9-13-26(25)46-31(29)35-28(39)20-45-33-37-36-27(38(33)15-14-21-10-6-5-7-11-21)19-34-30(40)22-16-23(42-2)18-24(17-22)43-3/h5-7,10-11,16-18H,4,8-9,12-15,19-20H2,1-3H3,(H,34,40)(H,35,39). The summed E-state index contributed by atoms with van der Waals surface area (Å²) in [7, 11) is 3.05. The van der Waals surface area contributed by atoms with Crippen LogP contribution in [-0.2, 0) is 41.9 Å². The average molecular weight is 664 g/mol. The van der Waals surface area contributed by atoms with Gasteiger partial charge in [-0.2, -0.15) is 0 Å². The highest BCUT2D eigenvalue weighted by atomic mass is 32.2. The number of carbonyl (C=O) groups excluding carboxylic acids is 3. The number of thiophene rings is 1. The number of anilines is 1. The molecular formula is C33H37N5O6S2. The van der Waals surface area contributed by atoms with Crippen LogP contribution in [0.5, 0.6) is 11.5 Å². The first-order valence-corrected chi connectivity index (χ1v) is 16.9. The number of aromatic nitrogens is 3. The van der Waals surface area contributed by atoms with Gasteiger partial charge in [0.2, 0.25) is 5.91 Å². The van der Waals surface area contributed by atoms with Gasteiger partial charge in [-0.1, -0.05) is 42.1 Å². The average Bonchev–Trinajstić information content (AvgIpc) is 3.65. The molecule has 0 fully saturated rings. The summed E-state index contributed by atoms with van der Waals surface area (Å²) in [6.07, 6.45) is 4.48. The van der Waals surface area contributed by atoms with Gasteiger partial charge in [0.05, 0.1) is 38.7 Å². The van der Waals surface area contributed by atoms with Crippen LogP contribution < -0.4 is 20.1 Å². The highest BCUT2D eigenvalue weighted by Crippen LogP contribution is 2.38. The van der Waals surface area contributed by atoms with Gasteiger partial charge in [-0.3, -0.25) is 9.59 Å². The van der Waals surface area contributed by atoms with Gasteiger partial charge in [0.25, 0.3) is 5.91 Å². The van der Waals surface area contributed by atoms with Gasteiger partial charge in [-0.25, -0.2) is 4.79 Å². The lowest BCUT2D eigenvalue weighted by Gasteiger charge is -2.13. The smallest absolute Gasteiger partial charge is 0.341 e. The van der Waals surface area contributed by atoms with Crippen molar-refractivity contribution in [3.05, 3.63) is 81.5 Å². The second-order valence-corrected chi connectivity index (χ2v) is 12.6. The number of fused-ring (bicyclic) bond motifs is 1. The molecule has 11 nitrogen and oxygen atoms in total. The molecule has 0 radical (unpaired) electrons. The maximum Gasteiger partial charge on any atom is 0.341 e. The van der Waals surface area contributed by atoms with Crippen molar-refractivity contribution in [1.82, 2.24) is 20.1 Å².